The van der Waals surface area contributed by atoms with Gasteiger partial charge in [-0.15, -0.1) is 0 Å². The smallest absolute Gasteiger partial charge is 0.0480 e. The van der Waals surface area contributed by atoms with Gasteiger partial charge in [-0.05, 0) is 42.3 Å². The van der Waals surface area contributed by atoms with Crippen LogP contribution in [0.1, 0.15) is 18.4 Å². The average molecular weight is 249 g/mol. The van der Waals surface area contributed by atoms with Gasteiger partial charge in [0.25, 0.3) is 0 Å². The molecule has 0 aliphatic heterocycles. The predicted molar refractivity (Wildman–Crippen MR) is 81.3 cm³/mol. The number of hydrogen-bond acceptors (Lipinski definition) is 0. The van der Waals surface area contributed by atoms with Gasteiger partial charge in [0.1, 0.15) is 0 Å². The second kappa shape index (κ2) is 5.75. The maximum absolute atomic E-state index is 2.36. The molecule has 0 spiro atoms. The molecule has 2 aromatic carbocycles. The van der Waals surface area contributed by atoms with Crippen LogP contribution < -0.4 is 0 Å². The normalized spacial score (nSPS) is 10.9. The van der Waals surface area contributed by atoms with Crippen LogP contribution in [0.4, 0.5) is 0 Å². The first-order valence-electron chi connectivity index (χ1n) is 7.01. The largest absolute Gasteiger partial charge is 0.347 e. The van der Waals surface area contributed by atoms with Crippen LogP contribution in [0.25, 0.3) is 10.9 Å². The topological polar surface area (TPSA) is 4.93 Å². The lowest BCUT2D eigenvalue weighted by molar-refractivity contribution is 0.624. The average Bonchev–Trinajstić information content (AvgIpc) is 2.88. The monoisotopic (exact) mass is 249 g/mol. The van der Waals surface area contributed by atoms with Crippen molar-refractivity contribution < 1.29 is 0 Å². The van der Waals surface area contributed by atoms with Gasteiger partial charge in [0.2, 0.25) is 0 Å². The van der Waals surface area contributed by atoms with E-state index in [-0.39, 0.29) is 0 Å². The van der Waals surface area contributed by atoms with E-state index >= 15 is 0 Å². The minimum atomic E-state index is 1.11. The zero-order chi connectivity index (χ0) is 12.9. The quantitative estimate of drug-likeness (QED) is 0.579. The first-order valence-corrected chi connectivity index (χ1v) is 7.01. The molecule has 0 radical (unpaired) electrons. The molecule has 19 heavy (non-hydrogen) atoms. The SMILES string of the molecule is c1ccc(CCCCn2ccc3ccccc32)cc1. The number of fused-ring (bicyclic) bond motifs is 1. The molecular weight excluding hydrogens is 230 g/mol. The lowest BCUT2D eigenvalue weighted by atomic mass is 10.1. The summed E-state index contributed by atoms with van der Waals surface area (Å²) in [6, 6.07) is 21.5. The van der Waals surface area contributed by atoms with E-state index in [1.54, 1.807) is 0 Å². The van der Waals surface area contributed by atoms with Gasteiger partial charge in [-0.1, -0.05) is 48.5 Å². The van der Waals surface area contributed by atoms with Crippen molar-refractivity contribution in [1.29, 1.82) is 0 Å². The number of nitrogens with zero attached hydrogens (tertiary/aromatic N) is 1. The standard InChI is InChI=1S/C18H19N/c1-2-8-16(9-3-1)10-6-7-14-19-15-13-17-11-4-5-12-18(17)19/h1-5,8-9,11-13,15H,6-7,10,14H2. The molecule has 96 valence electrons. The van der Waals surface area contributed by atoms with Gasteiger partial charge in [-0.25, -0.2) is 0 Å². The molecule has 0 N–H and O–H groups in total. The fraction of sp³-hybridized carbons (Fsp3) is 0.222. The molecule has 1 aromatic heterocycles. The highest BCUT2D eigenvalue weighted by Gasteiger charge is 1.99. The number of benzene rings is 2. The van der Waals surface area contributed by atoms with Crippen LogP contribution in [-0.2, 0) is 13.0 Å². The first kappa shape index (κ1) is 12.0. The Morgan fingerprint density at radius 2 is 1.53 bits per heavy atom. The molecule has 3 rings (SSSR count). The summed E-state index contributed by atoms with van der Waals surface area (Å²) in [6.45, 7) is 1.11. The minimum absolute atomic E-state index is 1.11. The summed E-state index contributed by atoms with van der Waals surface area (Å²) in [5.41, 5.74) is 2.79. The van der Waals surface area contributed by atoms with Crippen molar-refractivity contribution in [3.8, 4) is 0 Å². The van der Waals surface area contributed by atoms with E-state index in [0.717, 1.165) is 6.54 Å². The van der Waals surface area contributed by atoms with Crippen molar-refractivity contribution in [2.75, 3.05) is 0 Å². The Bertz CT molecular complexity index is 637. The third-order valence-electron chi connectivity index (χ3n) is 3.64. The van der Waals surface area contributed by atoms with Gasteiger partial charge in [0.15, 0.2) is 0 Å². The summed E-state index contributed by atoms with van der Waals surface area (Å²) in [6.07, 6.45) is 5.86. The van der Waals surface area contributed by atoms with E-state index < -0.39 is 0 Å². The van der Waals surface area contributed by atoms with E-state index in [4.69, 9.17) is 0 Å². The highest BCUT2D eigenvalue weighted by atomic mass is 14.9. The third kappa shape index (κ3) is 2.87. The predicted octanol–water partition coefficient (Wildman–Crippen LogP) is 4.66. The maximum Gasteiger partial charge on any atom is 0.0480 e. The lowest BCUT2D eigenvalue weighted by Crippen LogP contribution is -1.96. The fourth-order valence-electron chi connectivity index (χ4n) is 2.59. The van der Waals surface area contributed by atoms with Crippen LogP contribution >= 0.6 is 0 Å². The van der Waals surface area contributed by atoms with E-state index in [9.17, 15) is 0 Å². The van der Waals surface area contributed by atoms with Crippen LogP contribution in [0.2, 0.25) is 0 Å². The molecule has 1 nitrogen and oxygen atoms in total. The van der Waals surface area contributed by atoms with Crippen molar-refractivity contribution in [1.82, 2.24) is 4.57 Å². The molecule has 0 aliphatic carbocycles. The third-order valence-corrected chi connectivity index (χ3v) is 3.64. The Labute approximate surface area is 114 Å². The zero-order valence-electron chi connectivity index (χ0n) is 11.1. The summed E-state index contributed by atoms with van der Waals surface area (Å²) in [7, 11) is 0. The molecule has 0 saturated carbocycles. The van der Waals surface area contributed by atoms with Gasteiger partial charge in [0, 0.05) is 18.3 Å². The number of para-hydroxylation sites is 1. The maximum atomic E-state index is 2.36. The Hall–Kier alpha value is -2.02. The van der Waals surface area contributed by atoms with E-state index in [1.807, 2.05) is 0 Å². The molecule has 0 aliphatic rings. The van der Waals surface area contributed by atoms with Gasteiger partial charge in [-0.2, -0.15) is 0 Å². The van der Waals surface area contributed by atoms with Crippen molar-refractivity contribution in [3.63, 3.8) is 0 Å². The van der Waals surface area contributed by atoms with Gasteiger partial charge in [-0.3, -0.25) is 0 Å². The summed E-state index contributed by atoms with van der Waals surface area (Å²) in [5, 5.41) is 1.34. The minimum Gasteiger partial charge on any atom is -0.347 e. The van der Waals surface area contributed by atoms with Crippen LogP contribution in [0, 0.1) is 0 Å². The number of hydrogen-bond donors (Lipinski definition) is 0. The Morgan fingerprint density at radius 1 is 0.737 bits per heavy atom. The van der Waals surface area contributed by atoms with Crippen molar-refractivity contribution in [3.05, 3.63) is 72.4 Å². The van der Waals surface area contributed by atoms with Crippen LogP contribution in [0.3, 0.4) is 0 Å². The van der Waals surface area contributed by atoms with E-state index in [2.05, 4.69) is 71.4 Å². The molecule has 0 atom stereocenters. The van der Waals surface area contributed by atoms with Crippen LogP contribution in [0.15, 0.2) is 66.9 Å². The van der Waals surface area contributed by atoms with Crippen molar-refractivity contribution >= 4 is 10.9 Å². The van der Waals surface area contributed by atoms with Crippen molar-refractivity contribution in [2.45, 2.75) is 25.8 Å². The second-order valence-electron chi connectivity index (χ2n) is 5.01. The van der Waals surface area contributed by atoms with E-state index in [1.165, 1.54) is 35.7 Å². The molecule has 0 saturated heterocycles. The molecule has 0 bridgehead atoms. The molecule has 3 aromatic rings. The Kier molecular flexibility index (Phi) is 3.64. The number of aromatic nitrogens is 1. The fourth-order valence-corrected chi connectivity index (χ4v) is 2.59. The van der Waals surface area contributed by atoms with Gasteiger partial charge in [0.05, 0.1) is 0 Å². The van der Waals surface area contributed by atoms with Gasteiger partial charge < -0.3 is 4.57 Å². The van der Waals surface area contributed by atoms with Gasteiger partial charge >= 0.3 is 0 Å². The lowest BCUT2D eigenvalue weighted by Gasteiger charge is -2.05. The summed E-state index contributed by atoms with van der Waals surface area (Å²) < 4.78 is 2.36. The zero-order valence-corrected chi connectivity index (χ0v) is 11.1. The molecule has 0 amide bonds. The Balaban J connectivity index is 1.55. The first-order chi connectivity index (χ1) is 9.43. The molecule has 0 unspecified atom stereocenters. The second-order valence-corrected chi connectivity index (χ2v) is 5.01. The van der Waals surface area contributed by atoms with Crippen molar-refractivity contribution in [2.24, 2.45) is 0 Å². The highest BCUT2D eigenvalue weighted by Crippen LogP contribution is 2.16. The summed E-state index contributed by atoms with van der Waals surface area (Å²) in [4.78, 5) is 0. The molecule has 1 heteroatoms. The number of aryl methyl sites for hydroxylation is 2. The summed E-state index contributed by atoms with van der Waals surface area (Å²) >= 11 is 0. The Morgan fingerprint density at radius 3 is 2.42 bits per heavy atom. The number of rotatable bonds is 5. The van der Waals surface area contributed by atoms with E-state index in [0.29, 0.717) is 0 Å². The molecule has 0 fully saturated rings. The summed E-state index contributed by atoms with van der Waals surface area (Å²) in [5.74, 6) is 0. The molecule has 1 heterocycles. The highest BCUT2D eigenvalue weighted by molar-refractivity contribution is 5.79. The van der Waals surface area contributed by atoms with Crippen LogP contribution in [0.5, 0.6) is 0 Å². The molecular formula is C18H19N. The van der Waals surface area contributed by atoms with Crippen LogP contribution in [-0.4, -0.2) is 4.57 Å². The number of unbranched alkanes of at least 4 members (excludes halogenated alkanes) is 1.